The van der Waals surface area contributed by atoms with Crippen LogP contribution in [0.2, 0.25) is 0 Å². The van der Waals surface area contributed by atoms with Gasteiger partial charge in [-0.2, -0.15) is 0 Å². The zero-order valence-corrected chi connectivity index (χ0v) is 9.21. The van der Waals surface area contributed by atoms with Crippen molar-refractivity contribution in [2.24, 2.45) is 11.1 Å². The van der Waals surface area contributed by atoms with Crippen LogP contribution in [0.5, 0.6) is 0 Å². The second-order valence-electron chi connectivity index (χ2n) is 3.70. The molecule has 0 aromatic carbocycles. The van der Waals surface area contributed by atoms with Crippen LogP contribution in [0.4, 0.5) is 0 Å². The Bertz CT molecular complexity index is 143. The van der Waals surface area contributed by atoms with Crippen molar-refractivity contribution in [2.75, 3.05) is 0 Å². The molecule has 1 unspecified atom stereocenters. The van der Waals surface area contributed by atoms with E-state index in [0.717, 1.165) is 12.1 Å². The molecule has 0 radical (unpaired) electrons. The highest BCUT2D eigenvalue weighted by molar-refractivity contribution is 5.83. The lowest BCUT2D eigenvalue weighted by Gasteiger charge is -2.12. The van der Waals surface area contributed by atoms with Crippen molar-refractivity contribution in [1.29, 1.82) is 0 Å². The molecule has 2 heteroatoms. The summed E-state index contributed by atoms with van der Waals surface area (Å²) in [5.41, 5.74) is 0.888. The second kappa shape index (κ2) is 8.09. The van der Waals surface area contributed by atoms with Crippen molar-refractivity contribution in [1.82, 2.24) is 0 Å². The fourth-order valence-corrected chi connectivity index (χ4v) is 1.61. The van der Waals surface area contributed by atoms with Crippen LogP contribution in [0.1, 0.15) is 59.3 Å². The predicted molar refractivity (Wildman–Crippen MR) is 57.4 cm³/mol. The average molecular weight is 185 g/mol. The highest BCUT2D eigenvalue weighted by Crippen LogP contribution is 2.15. The molecule has 0 amide bonds. The maximum atomic E-state index is 8.63. The Hall–Kier alpha value is -0.530. The molecule has 0 aromatic rings. The Morgan fingerprint density at radius 3 is 2.38 bits per heavy atom. The van der Waals surface area contributed by atoms with Crippen molar-refractivity contribution in [3.63, 3.8) is 0 Å². The van der Waals surface area contributed by atoms with Crippen LogP contribution in [0, 0.1) is 5.92 Å². The van der Waals surface area contributed by atoms with Crippen molar-refractivity contribution in [3.05, 3.63) is 0 Å². The Kier molecular flexibility index (Phi) is 7.76. The Morgan fingerprint density at radius 1 is 1.23 bits per heavy atom. The van der Waals surface area contributed by atoms with Crippen LogP contribution >= 0.6 is 0 Å². The van der Waals surface area contributed by atoms with Gasteiger partial charge in [-0.05, 0) is 19.8 Å². The highest BCUT2D eigenvalue weighted by Gasteiger charge is 2.09. The van der Waals surface area contributed by atoms with Crippen LogP contribution in [0.15, 0.2) is 5.16 Å². The molecule has 0 heterocycles. The standard InChI is InChI=1S/C11H23NO/c1-4-6-7-8-9-11(5-2)10(3)12-13/h11,13H,4-9H2,1-3H3. The summed E-state index contributed by atoms with van der Waals surface area (Å²) in [7, 11) is 0. The fourth-order valence-electron chi connectivity index (χ4n) is 1.61. The van der Waals surface area contributed by atoms with Gasteiger partial charge in [-0.15, -0.1) is 0 Å². The Balaban J connectivity index is 3.60. The van der Waals surface area contributed by atoms with Gasteiger partial charge in [0.25, 0.3) is 0 Å². The molecule has 1 atom stereocenters. The summed E-state index contributed by atoms with van der Waals surface area (Å²) >= 11 is 0. The molecular weight excluding hydrogens is 162 g/mol. The molecule has 78 valence electrons. The van der Waals surface area contributed by atoms with Crippen LogP contribution in [-0.2, 0) is 0 Å². The Labute approximate surface area is 82.0 Å². The van der Waals surface area contributed by atoms with Crippen molar-refractivity contribution in [3.8, 4) is 0 Å². The summed E-state index contributed by atoms with van der Waals surface area (Å²) in [6, 6.07) is 0. The Morgan fingerprint density at radius 2 is 1.92 bits per heavy atom. The molecule has 0 rings (SSSR count). The van der Waals surface area contributed by atoms with Crippen molar-refractivity contribution >= 4 is 5.71 Å². The van der Waals surface area contributed by atoms with Gasteiger partial charge in [-0.1, -0.05) is 44.7 Å². The summed E-state index contributed by atoms with van der Waals surface area (Å²) in [6.45, 7) is 6.28. The van der Waals surface area contributed by atoms with Gasteiger partial charge in [-0.25, -0.2) is 0 Å². The number of oxime groups is 1. The molecule has 0 aromatic heterocycles. The zero-order chi connectivity index (χ0) is 10.1. The topological polar surface area (TPSA) is 32.6 Å². The normalized spacial score (nSPS) is 14.5. The molecule has 0 aliphatic rings. The predicted octanol–water partition coefficient (Wildman–Crippen LogP) is 3.83. The van der Waals surface area contributed by atoms with Crippen molar-refractivity contribution in [2.45, 2.75) is 59.3 Å². The van der Waals surface area contributed by atoms with Crippen LogP contribution in [0.25, 0.3) is 0 Å². The first-order valence-corrected chi connectivity index (χ1v) is 5.44. The lowest BCUT2D eigenvalue weighted by Crippen LogP contribution is -2.10. The molecule has 0 saturated heterocycles. The molecular formula is C11H23NO. The van der Waals surface area contributed by atoms with Crippen LogP contribution in [-0.4, -0.2) is 10.9 Å². The zero-order valence-electron chi connectivity index (χ0n) is 9.21. The van der Waals surface area contributed by atoms with Gasteiger partial charge < -0.3 is 5.21 Å². The van der Waals surface area contributed by atoms with E-state index in [1.165, 1.54) is 32.1 Å². The average Bonchev–Trinajstić information content (AvgIpc) is 2.17. The number of rotatable bonds is 7. The van der Waals surface area contributed by atoms with Gasteiger partial charge in [0.05, 0.1) is 5.71 Å². The van der Waals surface area contributed by atoms with Gasteiger partial charge in [0.2, 0.25) is 0 Å². The third-order valence-corrected chi connectivity index (χ3v) is 2.65. The molecule has 0 fully saturated rings. The summed E-state index contributed by atoms with van der Waals surface area (Å²) in [5, 5.41) is 11.9. The minimum atomic E-state index is 0.488. The molecule has 1 N–H and O–H groups in total. The lowest BCUT2D eigenvalue weighted by molar-refractivity contribution is 0.313. The van der Waals surface area contributed by atoms with Gasteiger partial charge >= 0.3 is 0 Å². The minimum absolute atomic E-state index is 0.488. The molecule has 2 nitrogen and oxygen atoms in total. The molecule has 0 aliphatic carbocycles. The third kappa shape index (κ3) is 5.67. The first-order chi connectivity index (χ1) is 6.26. The summed E-state index contributed by atoms with van der Waals surface area (Å²) in [4.78, 5) is 0. The molecule has 0 saturated carbocycles. The fraction of sp³-hybridized carbons (Fsp3) is 0.909. The lowest BCUT2D eigenvalue weighted by atomic mass is 9.94. The number of nitrogens with zero attached hydrogens (tertiary/aromatic N) is 1. The van der Waals surface area contributed by atoms with E-state index >= 15 is 0 Å². The molecule has 0 aliphatic heterocycles. The van der Waals surface area contributed by atoms with Gasteiger partial charge in [0.1, 0.15) is 0 Å². The molecule has 0 bridgehead atoms. The highest BCUT2D eigenvalue weighted by atomic mass is 16.4. The maximum absolute atomic E-state index is 8.63. The number of hydrogen-bond acceptors (Lipinski definition) is 2. The van der Waals surface area contributed by atoms with E-state index in [2.05, 4.69) is 19.0 Å². The van der Waals surface area contributed by atoms with E-state index in [4.69, 9.17) is 5.21 Å². The van der Waals surface area contributed by atoms with E-state index in [0.29, 0.717) is 5.92 Å². The second-order valence-corrected chi connectivity index (χ2v) is 3.70. The van der Waals surface area contributed by atoms with E-state index in [9.17, 15) is 0 Å². The number of hydrogen-bond donors (Lipinski definition) is 1. The summed E-state index contributed by atoms with van der Waals surface area (Å²) in [5.74, 6) is 0.488. The van der Waals surface area contributed by atoms with Crippen LogP contribution in [0.3, 0.4) is 0 Å². The quantitative estimate of drug-likeness (QED) is 0.278. The van der Waals surface area contributed by atoms with Gasteiger partial charge in [0, 0.05) is 5.92 Å². The van der Waals surface area contributed by atoms with Gasteiger partial charge in [-0.3, -0.25) is 0 Å². The summed E-state index contributed by atoms with van der Waals surface area (Å²) < 4.78 is 0. The minimum Gasteiger partial charge on any atom is -0.411 e. The first kappa shape index (κ1) is 12.5. The largest absolute Gasteiger partial charge is 0.411 e. The summed E-state index contributed by atoms with van der Waals surface area (Å²) in [6.07, 6.45) is 7.44. The smallest absolute Gasteiger partial charge is 0.0570 e. The monoisotopic (exact) mass is 185 g/mol. The third-order valence-electron chi connectivity index (χ3n) is 2.65. The van der Waals surface area contributed by atoms with Crippen LogP contribution < -0.4 is 0 Å². The number of unbranched alkanes of at least 4 members (excludes halogenated alkanes) is 3. The first-order valence-electron chi connectivity index (χ1n) is 5.44. The van der Waals surface area contributed by atoms with E-state index in [-0.39, 0.29) is 0 Å². The van der Waals surface area contributed by atoms with Crippen molar-refractivity contribution < 1.29 is 5.21 Å². The van der Waals surface area contributed by atoms with Gasteiger partial charge in [0.15, 0.2) is 0 Å². The SMILES string of the molecule is CCCCCCC(CC)C(C)=NO. The van der Waals surface area contributed by atoms with E-state index < -0.39 is 0 Å². The maximum Gasteiger partial charge on any atom is 0.0570 e. The molecule has 13 heavy (non-hydrogen) atoms. The van der Waals surface area contributed by atoms with E-state index in [1.54, 1.807) is 0 Å². The molecule has 0 spiro atoms. The van der Waals surface area contributed by atoms with E-state index in [1.807, 2.05) is 6.92 Å².